The van der Waals surface area contributed by atoms with Gasteiger partial charge in [0, 0.05) is 11.6 Å². The topological polar surface area (TPSA) is 85.8 Å². The minimum absolute atomic E-state index is 0.167. The summed E-state index contributed by atoms with van der Waals surface area (Å²) in [5.41, 5.74) is 1.89. The summed E-state index contributed by atoms with van der Waals surface area (Å²) in [7, 11) is 0. The fourth-order valence-corrected chi connectivity index (χ4v) is 4.38. The first-order valence-electron chi connectivity index (χ1n) is 10.2. The molecule has 9 heteroatoms. The number of nitrogens with one attached hydrogen (secondary N) is 1. The van der Waals surface area contributed by atoms with Crippen molar-refractivity contribution in [2.45, 2.75) is 37.2 Å². The molecule has 0 radical (unpaired) electrons. The van der Waals surface area contributed by atoms with Crippen molar-refractivity contribution >= 4 is 35.1 Å². The Balaban J connectivity index is 1.65. The zero-order chi connectivity index (χ0) is 22.5. The van der Waals surface area contributed by atoms with Gasteiger partial charge in [0.05, 0.1) is 16.8 Å². The number of carbonyl (C=O) groups excluding carboxylic acids is 1. The summed E-state index contributed by atoms with van der Waals surface area (Å²) in [6.45, 7) is 4.28. The highest BCUT2D eigenvalue weighted by molar-refractivity contribution is 8.00. The zero-order valence-corrected chi connectivity index (χ0v) is 19.2. The van der Waals surface area contributed by atoms with Gasteiger partial charge in [0.15, 0.2) is 16.8 Å². The number of anilines is 1. The lowest BCUT2D eigenvalue weighted by Crippen LogP contribution is -2.25. The molecule has 0 fully saturated rings. The molecular weight excluding hydrogens is 446 g/mol. The van der Waals surface area contributed by atoms with Crippen LogP contribution in [0.3, 0.4) is 0 Å². The van der Waals surface area contributed by atoms with Gasteiger partial charge in [-0.15, -0.1) is 10.2 Å². The largest absolute Gasteiger partial charge is 0.360 e. The van der Waals surface area contributed by atoms with Crippen LogP contribution in [0.1, 0.15) is 24.7 Å². The molecule has 4 rings (SSSR count). The summed E-state index contributed by atoms with van der Waals surface area (Å²) in [4.78, 5) is 12.9. The Kier molecular flexibility index (Phi) is 6.92. The van der Waals surface area contributed by atoms with Crippen molar-refractivity contribution in [3.05, 3.63) is 77.0 Å². The number of nitrogens with zero attached hydrogens (tertiary/aromatic N) is 4. The van der Waals surface area contributed by atoms with Gasteiger partial charge in [-0.3, -0.25) is 9.36 Å². The Bertz CT molecular complexity index is 1210. The van der Waals surface area contributed by atoms with Crippen LogP contribution in [0.4, 0.5) is 5.82 Å². The Labute approximate surface area is 195 Å². The summed E-state index contributed by atoms with van der Waals surface area (Å²) in [6.07, 6.45) is 0.604. The van der Waals surface area contributed by atoms with Crippen molar-refractivity contribution < 1.29 is 9.32 Å². The van der Waals surface area contributed by atoms with Crippen LogP contribution in [0.2, 0.25) is 5.02 Å². The normalized spacial score (nSPS) is 12.0. The smallest absolute Gasteiger partial charge is 0.239 e. The van der Waals surface area contributed by atoms with Crippen LogP contribution in [-0.2, 0) is 11.3 Å². The van der Waals surface area contributed by atoms with Crippen molar-refractivity contribution in [1.82, 2.24) is 19.9 Å². The van der Waals surface area contributed by atoms with E-state index < -0.39 is 0 Å². The van der Waals surface area contributed by atoms with E-state index in [1.807, 2.05) is 66.1 Å². The van der Waals surface area contributed by atoms with Gasteiger partial charge in [0.1, 0.15) is 5.76 Å². The fraction of sp³-hybridized carbons (Fsp3) is 0.217. The highest BCUT2D eigenvalue weighted by Gasteiger charge is 2.24. The lowest BCUT2D eigenvalue weighted by atomic mass is 10.2. The number of aryl methyl sites for hydroxylation is 1. The summed E-state index contributed by atoms with van der Waals surface area (Å²) in [6, 6.07) is 19.3. The molecule has 2 heterocycles. The first-order chi connectivity index (χ1) is 15.5. The van der Waals surface area contributed by atoms with Gasteiger partial charge in [0.25, 0.3) is 0 Å². The third-order valence-electron chi connectivity index (χ3n) is 4.81. The van der Waals surface area contributed by atoms with Gasteiger partial charge in [-0.05, 0) is 31.0 Å². The van der Waals surface area contributed by atoms with E-state index in [0.717, 1.165) is 11.1 Å². The summed E-state index contributed by atoms with van der Waals surface area (Å²) < 4.78 is 7.03. The zero-order valence-electron chi connectivity index (χ0n) is 17.7. The van der Waals surface area contributed by atoms with E-state index in [-0.39, 0.29) is 11.2 Å². The van der Waals surface area contributed by atoms with Gasteiger partial charge in [-0.1, -0.05) is 77.9 Å². The average Bonchev–Trinajstić information content (AvgIpc) is 3.38. The van der Waals surface area contributed by atoms with E-state index in [1.54, 1.807) is 13.0 Å². The molecule has 0 saturated carbocycles. The minimum atomic E-state index is -0.384. The molecule has 2 aromatic heterocycles. The molecule has 0 aliphatic rings. The van der Waals surface area contributed by atoms with E-state index in [1.165, 1.54) is 11.8 Å². The highest BCUT2D eigenvalue weighted by Crippen LogP contribution is 2.32. The van der Waals surface area contributed by atoms with Crippen molar-refractivity contribution in [3.8, 4) is 11.4 Å². The predicted molar refractivity (Wildman–Crippen MR) is 126 cm³/mol. The number of hydrogen-bond donors (Lipinski definition) is 1. The second kappa shape index (κ2) is 10.0. The molecule has 1 N–H and O–H groups in total. The number of carbonyl (C=O) groups is 1. The number of rotatable bonds is 8. The summed E-state index contributed by atoms with van der Waals surface area (Å²) in [5.74, 6) is 1.52. The molecule has 0 bridgehead atoms. The first kappa shape index (κ1) is 22.1. The third-order valence-corrected chi connectivity index (χ3v) is 6.48. The molecule has 4 aromatic rings. The quantitative estimate of drug-likeness (QED) is 0.346. The molecule has 7 nitrogen and oxygen atoms in total. The molecule has 32 heavy (non-hydrogen) atoms. The van der Waals surface area contributed by atoms with Crippen LogP contribution in [0.5, 0.6) is 0 Å². The van der Waals surface area contributed by atoms with Gasteiger partial charge in [-0.25, -0.2) is 0 Å². The van der Waals surface area contributed by atoms with Crippen LogP contribution in [0.25, 0.3) is 11.4 Å². The number of benzene rings is 2. The van der Waals surface area contributed by atoms with Crippen LogP contribution in [0, 0.1) is 6.92 Å². The monoisotopic (exact) mass is 467 g/mol. The van der Waals surface area contributed by atoms with E-state index in [0.29, 0.717) is 40.5 Å². The number of thioether (sulfide) groups is 1. The van der Waals surface area contributed by atoms with Crippen molar-refractivity contribution in [3.63, 3.8) is 0 Å². The SMILES string of the molecule is CCC(Sc1nnc(-c2ccccc2Cl)n1Cc1ccccc1)C(=O)Nc1cc(C)on1. The maximum absolute atomic E-state index is 12.9. The minimum Gasteiger partial charge on any atom is -0.360 e. The molecule has 0 aliphatic heterocycles. The van der Waals surface area contributed by atoms with E-state index in [2.05, 4.69) is 20.7 Å². The van der Waals surface area contributed by atoms with Crippen LogP contribution in [-0.4, -0.2) is 31.1 Å². The number of amides is 1. The second-order valence-electron chi connectivity index (χ2n) is 7.18. The van der Waals surface area contributed by atoms with E-state index in [4.69, 9.17) is 16.1 Å². The number of hydrogen-bond acceptors (Lipinski definition) is 6. The number of aromatic nitrogens is 4. The van der Waals surface area contributed by atoms with Gasteiger partial charge in [-0.2, -0.15) is 0 Å². The molecular formula is C23H22ClN5O2S. The Morgan fingerprint density at radius 3 is 2.59 bits per heavy atom. The third kappa shape index (κ3) is 5.03. The molecule has 164 valence electrons. The predicted octanol–water partition coefficient (Wildman–Crippen LogP) is 5.45. The molecule has 0 spiro atoms. The van der Waals surface area contributed by atoms with Crippen LogP contribution < -0.4 is 5.32 Å². The second-order valence-corrected chi connectivity index (χ2v) is 8.76. The standard InChI is InChI=1S/C23H22ClN5O2S/c1-3-19(22(30)25-20-13-15(2)31-28-20)32-23-27-26-21(17-11-7-8-12-18(17)24)29(23)14-16-9-5-4-6-10-16/h4-13,19H,3,14H2,1-2H3,(H,25,28,30). The first-order valence-corrected chi connectivity index (χ1v) is 11.4. The van der Waals surface area contributed by atoms with Gasteiger partial charge in [0.2, 0.25) is 5.91 Å². The molecule has 0 aliphatic carbocycles. The van der Waals surface area contributed by atoms with Crippen molar-refractivity contribution in [2.24, 2.45) is 0 Å². The molecule has 2 aromatic carbocycles. The molecule has 1 unspecified atom stereocenters. The van der Waals surface area contributed by atoms with Crippen LogP contribution >= 0.6 is 23.4 Å². The highest BCUT2D eigenvalue weighted by atomic mass is 35.5. The summed E-state index contributed by atoms with van der Waals surface area (Å²) >= 11 is 7.82. The van der Waals surface area contributed by atoms with Gasteiger partial charge >= 0.3 is 0 Å². The molecule has 1 atom stereocenters. The average molecular weight is 468 g/mol. The fourth-order valence-electron chi connectivity index (χ4n) is 3.21. The van der Waals surface area contributed by atoms with Crippen molar-refractivity contribution in [1.29, 1.82) is 0 Å². The van der Waals surface area contributed by atoms with E-state index >= 15 is 0 Å². The van der Waals surface area contributed by atoms with Crippen molar-refractivity contribution in [2.75, 3.05) is 5.32 Å². The van der Waals surface area contributed by atoms with E-state index in [9.17, 15) is 4.79 Å². The Morgan fingerprint density at radius 1 is 1.16 bits per heavy atom. The maximum atomic E-state index is 12.9. The van der Waals surface area contributed by atoms with Crippen LogP contribution in [0.15, 0.2) is 70.3 Å². The molecule has 1 amide bonds. The Hall–Kier alpha value is -3.10. The number of halogens is 1. The lowest BCUT2D eigenvalue weighted by molar-refractivity contribution is -0.115. The Morgan fingerprint density at radius 2 is 1.91 bits per heavy atom. The van der Waals surface area contributed by atoms with Gasteiger partial charge < -0.3 is 9.84 Å². The maximum Gasteiger partial charge on any atom is 0.239 e. The molecule has 0 saturated heterocycles. The lowest BCUT2D eigenvalue weighted by Gasteiger charge is -2.15. The summed E-state index contributed by atoms with van der Waals surface area (Å²) in [5, 5.41) is 16.3.